The average Bonchev–Trinajstić information content (AvgIpc) is 2.93. The summed E-state index contributed by atoms with van der Waals surface area (Å²) in [5.74, 6) is 0.0444. The molecular weight excluding hydrogens is 292 g/mol. The Bertz CT molecular complexity index is 553. The third kappa shape index (κ3) is 3.91. The summed E-state index contributed by atoms with van der Waals surface area (Å²) < 4.78 is 5.96. The summed E-state index contributed by atoms with van der Waals surface area (Å²) in [5, 5.41) is 0. The molecule has 2 fully saturated rings. The van der Waals surface area contributed by atoms with E-state index in [1.54, 1.807) is 11.9 Å². The monoisotopic (exact) mass is 316 g/mol. The number of hydrogen-bond donors (Lipinski definition) is 0. The van der Waals surface area contributed by atoms with Crippen LogP contribution in [0, 0.1) is 5.92 Å². The molecule has 0 spiro atoms. The van der Waals surface area contributed by atoms with Gasteiger partial charge in [0, 0.05) is 33.1 Å². The third-order valence-corrected chi connectivity index (χ3v) is 4.77. The van der Waals surface area contributed by atoms with Gasteiger partial charge in [0.25, 0.3) is 0 Å². The van der Waals surface area contributed by atoms with E-state index in [0.717, 1.165) is 25.9 Å². The summed E-state index contributed by atoms with van der Waals surface area (Å²) in [5.41, 5.74) is 1.18. The van der Waals surface area contributed by atoms with Crippen molar-refractivity contribution in [3.63, 3.8) is 0 Å². The fourth-order valence-electron chi connectivity index (χ4n) is 3.32. The van der Waals surface area contributed by atoms with Crippen molar-refractivity contribution in [2.45, 2.75) is 32.0 Å². The van der Waals surface area contributed by atoms with Gasteiger partial charge >= 0.3 is 0 Å². The molecule has 2 heterocycles. The van der Waals surface area contributed by atoms with E-state index in [9.17, 15) is 9.59 Å². The minimum atomic E-state index is -0.158. The zero-order valence-corrected chi connectivity index (χ0v) is 13.6. The summed E-state index contributed by atoms with van der Waals surface area (Å²) >= 11 is 0. The van der Waals surface area contributed by atoms with E-state index >= 15 is 0 Å². The molecule has 0 N–H and O–H groups in total. The Morgan fingerprint density at radius 2 is 1.91 bits per heavy atom. The first-order chi connectivity index (χ1) is 11.1. The van der Waals surface area contributed by atoms with Crippen LogP contribution in [0.3, 0.4) is 0 Å². The Hall–Kier alpha value is -1.88. The minimum absolute atomic E-state index is 0.0735. The first kappa shape index (κ1) is 16.0. The molecule has 0 saturated carbocycles. The van der Waals surface area contributed by atoms with Crippen LogP contribution < -0.4 is 0 Å². The highest BCUT2D eigenvalue weighted by Gasteiger charge is 2.35. The van der Waals surface area contributed by atoms with Crippen LogP contribution in [0.1, 0.15) is 24.8 Å². The summed E-state index contributed by atoms with van der Waals surface area (Å²) in [6.07, 6.45) is 2.32. The molecular formula is C18H24N2O3. The second-order valence-corrected chi connectivity index (χ2v) is 6.50. The van der Waals surface area contributed by atoms with Gasteiger partial charge in [-0.1, -0.05) is 30.3 Å². The van der Waals surface area contributed by atoms with Crippen molar-refractivity contribution in [2.24, 2.45) is 5.92 Å². The van der Waals surface area contributed by atoms with E-state index in [1.165, 1.54) is 5.56 Å². The molecule has 0 radical (unpaired) electrons. The van der Waals surface area contributed by atoms with Crippen molar-refractivity contribution in [2.75, 3.05) is 26.7 Å². The topological polar surface area (TPSA) is 49.9 Å². The molecule has 2 aliphatic rings. The highest BCUT2D eigenvalue weighted by molar-refractivity contribution is 5.89. The lowest BCUT2D eigenvalue weighted by molar-refractivity contribution is -0.138. The van der Waals surface area contributed by atoms with Gasteiger partial charge in [-0.2, -0.15) is 0 Å². The van der Waals surface area contributed by atoms with Gasteiger partial charge in [0.2, 0.25) is 11.8 Å². The van der Waals surface area contributed by atoms with Gasteiger partial charge in [-0.15, -0.1) is 0 Å². The highest BCUT2D eigenvalue weighted by Crippen LogP contribution is 2.22. The van der Waals surface area contributed by atoms with Crippen LogP contribution in [0.5, 0.6) is 0 Å². The predicted octanol–water partition coefficient (Wildman–Crippen LogP) is 1.67. The molecule has 124 valence electrons. The lowest BCUT2D eigenvalue weighted by Crippen LogP contribution is -2.44. The van der Waals surface area contributed by atoms with Crippen LogP contribution in [-0.4, -0.2) is 54.4 Å². The average molecular weight is 316 g/mol. The lowest BCUT2D eigenvalue weighted by atomic mass is 10.0. The summed E-state index contributed by atoms with van der Waals surface area (Å²) in [4.78, 5) is 27.6. The fraction of sp³-hybridized carbons (Fsp3) is 0.556. The van der Waals surface area contributed by atoms with Gasteiger partial charge in [0.15, 0.2) is 0 Å². The van der Waals surface area contributed by atoms with Crippen LogP contribution in [0.15, 0.2) is 30.3 Å². The highest BCUT2D eigenvalue weighted by atomic mass is 16.5. The lowest BCUT2D eigenvalue weighted by Gasteiger charge is -2.33. The Balaban J connectivity index is 1.43. The largest absolute Gasteiger partial charge is 0.373 e. The standard InChI is InChI=1S/C18H24N2O3/c1-19-12-15(11-17(19)21)18(22)20-9-7-16(8-10-20)23-13-14-5-3-2-4-6-14/h2-6,15-16H,7-13H2,1H3/t15-/m0/s1. The van der Waals surface area contributed by atoms with Crippen LogP contribution in [0.25, 0.3) is 0 Å². The van der Waals surface area contributed by atoms with Crippen molar-refractivity contribution in [3.05, 3.63) is 35.9 Å². The van der Waals surface area contributed by atoms with Crippen LogP contribution >= 0.6 is 0 Å². The number of ether oxygens (including phenoxy) is 1. The summed E-state index contributed by atoms with van der Waals surface area (Å²) in [6, 6.07) is 10.1. The first-order valence-electron chi connectivity index (χ1n) is 8.32. The molecule has 0 aromatic heterocycles. The van der Waals surface area contributed by atoms with Crippen LogP contribution in [0.2, 0.25) is 0 Å². The Morgan fingerprint density at radius 3 is 2.52 bits per heavy atom. The number of carbonyl (C=O) groups excluding carboxylic acids is 2. The predicted molar refractivity (Wildman–Crippen MR) is 86.6 cm³/mol. The number of hydrogen-bond acceptors (Lipinski definition) is 3. The fourth-order valence-corrected chi connectivity index (χ4v) is 3.32. The van der Waals surface area contributed by atoms with Gasteiger partial charge in [-0.25, -0.2) is 0 Å². The second kappa shape index (κ2) is 7.13. The molecule has 2 amide bonds. The number of benzene rings is 1. The van der Waals surface area contributed by atoms with E-state index in [4.69, 9.17) is 4.74 Å². The van der Waals surface area contributed by atoms with Gasteiger partial charge < -0.3 is 14.5 Å². The summed E-state index contributed by atoms with van der Waals surface area (Å²) in [7, 11) is 1.76. The Labute approximate surface area is 137 Å². The molecule has 2 aliphatic heterocycles. The molecule has 0 aliphatic carbocycles. The Kier molecular flexibility index (Phi) is 4.96. The van der Waals surface area contributed by atoms with Crippen LogP contribution in [0.4, 0.5) is 0 Å². The summed E-state index contributed by atoms with van der Waals surface area (Å²) in [6.45, 7) is 2.64. The third-order valence-electron chi connectivity index (χ3n) is 4.77. The first-order valence-corrected chi connectivity index (χ1v) is 8.32. The smallest absolute Gasteiger partial charge is 0.227 e. The minimum Gasteiger partial charge on any atom is -0.373 e. The van der Waals surface area contributed by atoms with Crippen molar-refractivity contribution >= 4 is 11.8 Å². The number of carbonyl (C=O) groups is 2. The molecule has 1 atom stereocenters. The maximum Gasteiger partial charge on any atom is 0.227 e. The number of piperidine rings is 1. The number of rotatable bonds is 4. The van der Waals surface area contributed by atoms with Crippen LogP contribution in [-0.2, 0) is 20.9 Å². The molecule has 0 unspecified atom stereocenters. The van der Waals surface area contributed by atoms with Gasteiger partial charge in [-0.05, 0) is 18.4 Å². The molecule has 5 heteroatoms. The van der Waals surface area contributed by atoms with Crippen molar-refractivity contribution in [1.29, 1.82) is 0 Å². The molecule has 2 saturated heterocycles. The van der Waals surface area contributed by atoms with Crippen molar-refractivity contribution < 1.29 is 14.3 Å². The molecule has 23 heavy (non-hydrogen) atoms. The number of likely N-dealkylation sites (tertiary alicyclic amines) is 2. The molecule has 0 bridgehead atoms. The van der Waals surface area contributed by atoms with Crippen molar-refractivity contribution in [3.8, 4) is 0 Å². The van der Waals surface area contributed by atoms with E-state index in [1.807, 2.05) is 23.1 Å². The Morgan fingerprint density at radius 1 is 1.22 bits per heavy atom. The van der Waals surface area contributed by atoms with Gasteiger partial charge in [-0.3, -0.25) is 9.59 Å². The second-order valence-electron chi connectivity index (χ2n) is 6.50. The quantitative estimate of drug-likeness (QED) is 0.849. The normalized spacial score (nSPS) is 22.7. The molecule has 1 aromatic rings. The zero-order chi connectivity index (χ0) is 16.2. The number of amides is 2. The molecule has 1 aromatic carbocycles. The number of nitrogens with zero attached hydrogens (tertiary/aromatic N) is 2. The van der Waals surface area contributed by atoms with Gasteiger partial charge in [0.1, 0.15) is 0 Å². The van der Waals surface area contributed by atoms with E-state index in [-0.39, 0.29) is 23.8 Å². The molecule has 3 rings (SSSR count). The van der Waals surface area contributed by atoms with E-state index in [0.29, 0.717) is 19.6 Å². The van der Waals surface area contributed by atoms with E-state index < -0.39 is 0 Å². The molecule has 5 nitrogen and oxygen atoms in total. The maximum atomic E-state index is 12.5. The van der Waals surface area contributed by atoms with Crippen molar-refractivity contribution in [1.82, 2.24) is 9.80 Å². The maximum absolute atomic E-state index is 12.5. The SMILES string of the molecule is CN1C[C@@H](C(=O)N2CCC(OCc3ccccc3)CC2)CC1=O. The van der Waals surface area contributed by atoms with Gasteiger partial charge in [0.05, 0.1) is 18.6 Å². The zero-order valence-electron chi connectivity index (χ0n) is 13.6. The van der Waals surface area contributed by atoms with E-state index in [2.05, 4.69) is 12.1 Å².